The zero-order chi connectivity index (χ0) is 23.6. The van der Waals surface area contributed by atoms with Crippen LogP contribution < -0.4 is 5.73 Å². The Morgan fingerprint density at radius 3 is 2.41 bits per heavy atom. The van der Waals surface area contributed by atoms with Crippen molar-refractivity contribution in [2.45, 2.75) is 26.6 Å². The number of nitrogens with zero attached hydrogens (tertiary/aromatic N) is 2. The van der Waals surface area contributed by atoms with E-state index in [4.69, 9.17) is 33.7 Å². The Morgan fingerprint density at radius 1 is 1.19 bits per heavy atom. The minimum absolute atomic E-state index is 0.0787. The summed E-state index contributed by atoms with van der Waals surface area (Å²) < 4.78 is 46.2. The van der Waals surface area contributed by atoms with E-state index in [0.717, 1.165) is 12.1 Å². The highest BCUT2D eigenvalue weighted by Gasteiger charge is 2.30. The van der Waals surface area contributed by atoms with Crippen molar-refractivity contribution >= 4 is 29.1 Å². The van der Waals surface area contributed by atoms with E-state index >= 15 is 0 Å². The molecule has 0 fully saturated rings. The van der Waals surface area contributed by atoms with E-state index in [1.807, 2.05) is 0 Å². The highest BCUT2D eigenvalue weighted by molar-refractivity contribution is 6.35. The Balaban J connectivity index is 2.05. The van der Waals surface area contributed by atoms with Gasteiger partial charge in [0.05, 0.1) is 46.8 Å². The van der Waals surface area contributed by atoms with Crippen LogP contribution in [0.3, 0.4) is 0 Å². The van der Waals surface area contributed by atoms with E-state index in [2.05, 4.69) is 5.10 Å². The lowest BCUT2D eigenvalue weighted by Crippen LogP contribution is -2.24. The molecule has 0 saturated carbocycles. The third-order valence-electron chi connectivity index (χ3n) is 4.94. The highest BCUT2D eigenvalue weighted by Crippen LogP contribution is 2.35. The van der Waals surface area contributed by atoms with Crippen molar-refractivity contribution in [2.24, 2.45) is 11.7 Å². The summed E-state index contributed by atoms with van der Waals surface area (Å²) in [6.45, 7) is 3.62. The fourth-order valence-electron chi connectivity index (χ4n) is 3.08. The summed E-state index contributed by atoms with van der Waals surface area (Å²) in [5.41, 5.74) is 7.33. The summed E-state index contributed by atoms with van der Waals surface area (Å²) in [4.78, 5) is 11.2. The van der Waals surface area contributed by atoms with Crippen LogP contribution >= 0.6 is 23.2 Å². The molecule has 32 heavy (non-hydrogen) atoms. The number of carbonyl (C=O) groups is 1. The van der Waals surface area contributed by atoms with Crippen molar-refractivity contribution < 1.29 is 22.7 Å². The molecular formula is C22H20Cl2F3N3O2. The maximum Gasteiger partial charge on any atom is 0.416 e. The molecule has 2 aromatic carbocycles. The molecule has 1 aromatic heterocycles. The molecule has 1 amide bonds. The van der Waals surface area contributed by atoms with Gasteiger partial charge in [0.2, 0.25) is 5.91 Å². The number of amides is 1. The van der Waals surface area contributed by atoms with Gasteiger partial charge in [0, 0.05) is 16.1 Å². The van der Waals surface area contributed by atoms with Gasteiger partial charge in [0.1, 0.15) is 0 Å². The molecule has 0 radical (unpaired) electrons. The predicted molar refractivity (Wildman–Crippen MR) is 117 cm³/mol. The summed E-state index contributed by atoms with van der Waals surface area (Å²) in [5, 5.41) is 5.34. The third kappa shape index (κ3) is 5.26. The topological polar surface area (TPSA) is 70.1 Å². The molecule has 0 aliphatic carbocycles. The highest BCUT2D eigenvalue weighted by atomic mass is 35.5. The van der Waals surface area contributed by atoms with Gasteiger partial charge in [-0.15, -0.1) is 0 Å². The summed E-state index contributed by atoms with van der Waals surface area (Å²) in [5.74, 6) is -0.955. The maximum atomic E-state index is 13.0. The van der Waals surface area contributed by atoms with E-state index in [1.54, 1.807) is 36.7 Å². The van der Waals surface area contributed by atoms with Crippen LogP contribution in [0, 0.1) is 12.8 Å². The van der Waals surface area contributed by atoms with Gasteiger partial charge in [-0.3, -0.25) is 4.79 Å². The normalized spacial score (nSPS) is 12.7. The van der Waals surface area contributed by atoms with E-state index in [9.17, 15) is 18.0 Å². The molecule has 170 valence electrons. The number of primary amides is 1. The molecule has 1 atom stereocenters. The molecule has 1 unspecified atom stereocenters. The second-order valence-electron chi connectivity index (χ2n) is 7.32. The Hall–Kier alpha value is -2.55. The lowest BCUT2D eigenvalue weighted by atomic mass is 10.0. The lowest BCUT2D eigenvalue weighted by Gasteiger charge is -2.12. The Kier molecular flexibility index (Phi) is 7.17. The number of halogens is 5. The summed E-state index contributed by atoms with van der Waals surface area (Å²) in [7, 11) is 0. The second kappa shape index (κ2) is 9.52. The molecule has 0 spiro atoms. The summed E-state index contributed by atoms with van der Waals surface area (Å²) in [6.07, 6.45) is -4.44. The number of hydrogen-bond acceptors (Lipinski definition) is 3. The van der Waals surface area contributed by atoms with Crippen molar-refractivity contribution in [1.82, 2.24) is 9.78 Å². The van der Waals surface area contributed by atoms with Gasteiger partial charge >= 0.3 is 6.18 Å². The summed E-state index contributed by atoms with van der Waals surface area (Å²) >= 11 is 12.4. The monoisotopic (exact) mass is 485 g/mol. The SMILES string of the molecule is Cc1c(COCC(C)C(N)=O)nn(-c2ccc(Cl)cc2Cl)c1-c1ccc(C(F)(F)F)cc1. The molecule has 0 bridgehead atoms. The fraction of sp³-hybridized carbons (Fsp3) is 0.273. The van der Waals surface area contributed by atoms with Gasteiger partial charge < -0.3 is 10.5 Å². The first-order valence-corrected chi connectivity index (χ1v) is 10.3. The number of benzene rings is 2. The zero-order valence-corrected chi connectivity index (χ0v) is 18.7. The molecule has 5 nitrogen and oxygen atoms in total. The molecule has 2 N–H and O–H groups in total. The molecule has 0 aliphatic rings. The Labute approximate surface area is 192 Å². The first-order chi connectivity index (χ1) is 15.0. The minimum atomic E-state index is -4.44. The maximum absolute atomic E-state index is 13.0. The van der Waals surface area contributed by atoms with E-state index < -0.39 is 23.6 Å². The Bertz CT molecular complexity index is 1130. The van der Waals surface area contributed by atoms with Crippen LogP contribution in [0.1, 0.15) is 23.7 Å². The van der Waals surface area contributed by atoms with Crippen molar-refractivity contribution in [3.63, 3.8) is 0 Å². The molecule has 0 aliphatic heterocycles. The minimum Gasteiger partial charge on any atom is -0.374 e. The number of carbonyl (C=O) groups excluding carboxylic acids is 1. The molecular weight excluding hydrogens is 466 g/mol. The number of alkyl halides is 3. The average molecular weight is 486 g/mol. The van der Waals surface area contributed by atoms with Crippen LogP contribution in [0.5, 0.6) is 0 Å². The number of aromatic nitrogens is 2. The van der Waals surface area contributed by atoms with Crippen molar-refractivity contribution in [3.05, 3.63) is 69.3 Å². The molecule has 3 aromatic rings. The van der Waals surface area contributed by atoms with E-state index in [0.29, 0.717) is 38.2 Å². The van der Waals surface area contributed by atoms with Crippen molar-refractivity contribution in [1.29, 1.82) is 0 Å². The van der Waals surface area contributed by atoms with Crippen LogP contribution in [0.4, 0.5) is 13.2 Å². The third-order valence-corrected chi connectivity index (χ3v) is 5.47. The van der Waals surface area contributed by atoms with Crippen LogP contribution in [0.2, 0.25) is 10.0 Å². The average Bonchev–Trinajstić information content (AvgIpc) is 3.03. The fourth-order valence-corrected chi connectivity index (χ4v) is 3.56. The molecule has 1 heterocycles. The Morgan fingerprint density at radius 2 is 1.84 bits per heavy atom. The number of ether oxygens (including phenoxy) is 1. The van der Waals surface area contributed by atoms with Gasteiger partial charge in [0.15, 0.2) is 0 Å². The quantitative estimate of drug-likeness (QED) is 0.458. The van der Waals surface area contributed by atoms with Gasteiger partial charge in [-0.1, -0.05) is 42.3 Å². The molecule has 0 saturated heterocycles. The van der Waals surface area contributed by atoms with Crippen molar-refractivity contribution in [2.75, 3.05) is 6.61 Å². The van der Waals surface area contributed by atoms with Gasteiger partial charge in [-0.25, -0.2) is 4.68 Å². The van der Waals surface area contributed by atoms with Crippen LogP contribution in [-0.2, 0) is 22.3 Å². The predicted octanol–water partition coefficient (Wildman–Crippen LogP) is 5.81. The first-order valence-electron chi connectivity index (χ1n) is 9.57. The van der Waals surface area contributed by atoms with Gasteiger partial charge in [0.25, 0.3) is 0 Å². The summed E-state index contributed by atoms with van der Waals surface area (Å²) in [6, 6.07) is 9.66. The number of hydrogen-bond donors (Lipinski definition) is 1. The van der Waals surface area contributed by atoms with Crippen LogP contribution in [-0.4, -0.2) is 22.3 Å². The van der Waals surface area contributed by atoms with Crippen molar-refractivity contribution in [3.8, 4) is 16.9 Å². The largest absolute Gasteiger partial charge is 0.416 e. The van der Waals surface area contributed by atoms with Gasteiger partial charge in [-0.2, -0.15) is 18.3 Å². The van der Waals surface area contributed by atoms with E-state index in [1.165, 1.54) is 12.1 Å². The first kappa shape index (κ1) is 24.1. The number of nitrogens with two attached hydrogens (primary N) is 1. The zero-order valence-electron chi connectivity index (χ0n) is 17.2. The van der Waals surface area contributed by atoms with Gasteiger partial charge in [-0.05, 0) is 37.3 Å². The van der Waals surface area contributed by atoms with E-state index in [-0.39, 0.29) is 13.2 Å². The smallest absolute Gasteiger partial charge is 0.374 e. The van der Waals surface area contributed by atoms with Crippen LogP contribution in [0.15, 0.2) is 42.5 Å². The second-order valence-corrected chi connectivity index (χ2v) is 8.17. The lowest BCUT2D eigenvalue weighted by molar-refractivity contribution is -0.137. The molecule has 3 rings (SSSR count). The molecule has 10 heteroatoms. The van der Waals surface area contributed by atoms with Crippen LogP contribution in [0.25, 0.3) is 16.9 Å². The standard InChI is InChI=1S/C22H20Cl2F3N3O2/c1-12(21(28)31)10-32-11-18-13(2)20(14-3-5-15(6-4-14)22(25,26)27)30(29-18)19-8-7-16(23)9-17(19)24/h3-9,12H,10-11H2,1-2H3,(H2,28,31). The number of rotatable bonds is 7.